The van der Waals surface area contributed by atoms with Crippen LogP contribution in [0.15, 0.2) is 42.5 Å². The SMILES string of the molecule is COc1ccc(Cl)cc1NC(=O)c1ccc(N2C(=O)C(C)(C)CS2(=O)=O)cc1. The number of rotatable bonds is 4. The number of nitrogens with zero attached hydrogens (tertiary/aromatic N) is 1. The third-order valence-electron chi connectivity index (χ3n) is 4.36. The molecule has 2 aromatic carbocycles. The van der Waals surface area contributed by atoms with Crippen molar-refractivity contribution < 1.29 is 22.7 Å². The van der Waals surface area contributed by atoms with Crippen LogP contribution in [-0.4, -0.2) is 33.1 Å². The predicted octanol–water partition coefficient (Wildman–Crippen LogP) is 3.30. The Morgan fingerprint density at radius 2 is 1.82 bits per heavy atom. The average Bonchev–Trinajstić information content (AvgIpc) is 2.78. The van der Waals surface area contributed by atoms with E-state index in [0.29, 0.717) is 16.5 Å². The summed E-state index contributed by atoms with van der Waals surface area (Å²) in [5.74, 6) is -0.725. The highest BCUT2D eigenvalue weighted by Crippen LogP contribution is 2.36. The lowest BCUT2D eigenvalue weighted by Crippen LogP contribution is -2.32. The molecule has 0 saturated carbocycles. The summed E-state index contributed by atoms with van der Waals surface area (Å²) in [6.45, 7) is 3.18. The molecule has 1 N–H and O–H groups in total. The molecule has 0 aliphatic carbocycles. The van der Waals surface area contributed by atoms with Crippen molar-refractivity contribution in [2.45, 2.75) is 13.8 Å². The number of nitrogens with one attached hydrogen (secondary N) is 1. The van der Waals surface area contributed by atoms with Crippen LogP contribution in [0, 0.1) is 5.41 Å². The first-order chi connectivity index (χ1) is 13.0. The smallest absolute Gasteiger partial charge is 0.255 e. The number of carbonyl (C=O) groups is 2. The van der Waals surface area contributed by atoms with Crippen molar-refractivity contribution >= 4 is 44.8 Å². The number of methoxy groups -OCH3 is 1. The number of hydrogen-bond donors (Lipinski definition) is 1. The van der Waals surface area contributed by atoms with Crippen molar-refractivity contribution in [2.75, 3.05) is 22.5 Å². The molecule has 0 unspecified atom stereocenters. The van der Waals surface area contributed by atoms with Gasteiger partial charge in [-0.1, -0.05) is 11.6 Å². The Bertz CT molecular complexity index is 1050. The van der Waals surface area contributed by atoms with E-state index in [4.69, 9.17) is 16.3 Å². The van der Waals surface area contributed by atoms with Crippen LogP contribution in [0.2, 0.25) is 5.02 Å². The van der Waals surface area contributed by atoms with Crippen molar-refractivity contribution in [2.24, 2.45) is 5.41 Å². The molecule has 1 saturated heterocycles. The van der Waals surface area contributed by atoms with Gasteiger partial charge in [-0.05, 0) is 56.3 Å². The molecule has 3 rings (SSSR count). The van der Waals surface area contributed by atoms with E-state index in [1.165, 1.54) is 31.4 Å². The van der Waals surface area contributed by atoms with Crippen LogP contribution in [0.25, 0.3) is 0 Å². The van der Waals surface area contributed by atoms with Crippen LogP contribution in [0.5, 0.6) is 5.75 Å². The molecule has 0 radical (unpaired) electrons. The maximum atomic E-state index is 12.5. The zero-order valence-electron chi connectivity index (χ0n) is 15.5. The van der Waals surface area contributed by atoms with Gasteiger partial charge in [0, 0.05) is 10.6 Å². The van der Waals surface area contributed by atoms with Crippen LogP contribution >= 0.6 is 11.6 Å². The summed E-state index contributed by atoms with van der Waals surface area (Å²) in [6.07, 6.45) is 0. The van der Waals surface area contributed by atoms with Gasteiger partial charge in [0.05, 0.1) is 29.7 Å². The van der Waals surface area contributed by atoms with Gasteiger partial charge in [0.2, 0.25) is 15.9 Å². The molecule has 1 fully saturated rings. The summed E-state index contributed by atoms with van der Waals surface area (Å²) < 4.78 is 30.7. The number of hydrogen-bond acceptors (Lipinski definition) is 5. The molecule has 1 heterocycles. The van der Waals surface area contributed by atoms with Gasteiger partial charge in [-0.2, -0.15) is 0 Å². The molecule has 2 amide bonds. The molecule has 9 heteroatoms. The second-order valence-electron chi connectivity index (χ2n) is 7.06. The van der Waals surface area contributed by atoms with E-state index >= 15 is 0 Å². The molecule has 2 aromatic rings. The maximum absolute atomic E-state index is 12.5. The van der Waals surface area contributed by atoms with Gasteiger partial charge in [0.1, 0.15) is 5.75 Å². The number of halogens is 1. The van der Waals surface area contributed by atoms with Gasteiger partial charge in [-0.15, -0.1) is 0 Å². The molecule has 1 aliphatic rings. The van der Waals surface area contributed by atoms with Gasteiger partial charge in [0.15, 0.2) is 0 Å². The highest BCUT2D eigenvalue weighted by atomic mass is 35.5. The number of benzene rings is 2. The molecule has 28 heavy (non-hydrogen) atoms. The fourth-order valence-electron chi connectivity index (χ4n) is 2.98. The summed E-state index contributed by atoms with van der Waals surface area (Å²) in [5, 5.41) is 3.14. The number of ether oxygens (including phenoxy) is 1. The lowest BCUT2D eigenvalue weighted by molar-refractivity contribution is -0.123. The van der Waals surface area contributed by atoms with Crippen LogP contribution < -0.4 is 14.4 Å². The van der Waals surface area contributed by atoms with Crippen molar-refractivity contribution in [3.8, 4) is 5.75 Å². The molecule has 0 aromatic heterocycles. The maximum Gasteiger partial charge on any atom is 0.255 e. The van der Waals surface area contributed by atoms with E-state index in [0.717, 1.165) is 4.31 Å². The summed E-state index contributed by atoms with van der Waals surface area (Å²) in [6, 6.07) is 10.6. The van der Waals surface area contributed by atoms with E-state index in [9.17, 15) is 18.0 Å². The molecular formula is C19H19ClN2O5S. The second-order valence-corrected chi connectivity index (χ2v) is 9.31. The standard InChI is InChI=1S/C19H19ClN2O5S/c1-19(2)11-28(25,26)22(18(19)24)14-7-4-12(5-8-14)17(23)21-15-10-13(20)6-9-16(15)27-3/h4-10H,11H2,1-3H3,(H,21,23). The fourth-order valence-corrected chi connectivity index (χ4v) is 5.26. The number of anilines is 2. The Kier molecular flexibility index (Phi) is 5.12. The van der Waals surface area contributed by atoms with E-state index < -0.39 is 27.3 Å². The minimum atomic E-state index is -3.74. The minimum absolute atomic E-state index is 0.201. The Labute approximate surface area is 168 Å². The molecule has 1 aliphatic heterocycles. The summed E-state index contributed by atoms with van der Waals surface area (Å²) in [4.78, 5) is 25.0. The van der Waals surface area contributed by atoms with Crippen LogP contribution in [0.3, 0.4) is 0 Å². The van der Waals surface area contributed by atoms with Crippen molar-refractivity contribution in [1.29, 1.82) is 0 Å². The summed E-state index contributed by atoms with van der Waals surface area (Å²) in [5.41, 5.74) is -0.0949. The van der Waals surface area contributed by atoms with Gasteiger partial charge >= 0.3 is 0 Å². The van der Waals surface area contributed by atoms with Gasteiger partial charge in [-0.3, -0.25) is 9.59 Å². The van der Waals surface area contributed by atoms with Crippen LogP contribution in [0.4, 0.5) is 11.4 Å². The van der Waals surface area contributed by atoms with Crippen molar-refractivity contribution in [1.82, 2.24) is 0 Å². The Morgan fingerprint density at radius 3 is 2.36 bits per heavy atom. The highest BCUT2D eigenvalue weighted by molar-refractivity contribution is 7.94. The van der Waals surface area contributed by atoms with Gasteiger partial charge in [-0.25, -0.2) is 12.7 Å². The van der Waals surface area contributed by atoms with E-state index in [1.807, 2.05) is 0 Å². The monoisotopic (exact) mass is 422 g/mol. The van der Waals surface area contributed by atoms with Crippen molar-refractivity contribution in [3.63, 3.8) is 0 Å². The zero-order chi connectivity index (χ0) is 20.7. The zero-order valence-corrected chi connectivity index (χ0v) is 17.1. The summed E-state index contributed by atoms with van der Waals surface area (Å²) >= 11 is 5.96. The number of amides is 2. The Hall–Kier alpha value is -2.58. The molecule has 0 bridgehead atoms. The second kappa shape index (κ2) is 7.10. The van der Waals surface area contributed by atoms with Crippen LogP contribution in [0.1, 0.15) is 24.2 Å². The molecule has 0 atom stereocenters. The van der Waals surface area contributed by atoms with E-state index in [-0.39, 0.29) is 17.0 Å². The van der Waals surface area contributed by atoms with Crippen molar-refractivity contribution in [3.05, 3.63) is 53.1 Å². The number of carbonyl (C=O) groups excluding carboxylic acids is 2. The summed E-state index contributed by atoms with van der Waals surface area (Å²) in [7, 11) is -2.27. The minimum Gasteiger partial charge on any atom is -0.495 e. The first kappa shape index (κ1) is 20.2. The van der Waals surface area contributed by atoms with Crippen LogP contribution in [-0.2, 0) is 14.8 Å². The topological polar surface area (TPSA) is 92.8 Å². The molecular weight excluding hydrogens is 404 g/mol. The predicted molar refractivity (Wildman–Crippen MR) is 107 cm³/mol. The highest BCUT2D eigenvalue weighted by Gasteiger charge is 2.49. The lowest BCUT2D eigenvalue weighted by Gasteiger charge is -2.17. The fraction of sp³-hybridized carbons (Fsp3) is 0.263. The van der Waals surface area contributed by atoms with Gasteiger partial charge in [0.25, 0.3) is 5.91 Å². The Balaban J connectivity index is 1.85. The first-order valence-electron chi connectivity index (χ1n) is 8.37. The van der Waals surface area contributed by atoms with E-state index in [1.54, 1.807) is 32.0 Å². The van der Waals surface area contributed by atoms with E-state index in [2.05, 4.69) is 5.32 Å². The third-order valence-corrected chi connectivity index (χ3v) is 6.61. The van der Waals surface area contributed by atoms with Gasteiger partial charge < -0.3 is 10.1 Å². The number of sulfonamides is 1. The largest absolute Gasteiger partial charge is 0.495 e. The molecule has 7 nitrogen and oxygen atoms in total. The lowest BCUT2D eigenvalue weighted by atomic mass is 9.95. The Morgan fingerprint density at radius 1 is 1.18 bits per heavy atom. The average molecular weight is 423 g/mol. The third kappa shape index (κ3) is 3.70. The first-order valence-corrected chi connectivity index (χ1v) is 10.4. The molecule has 148 valence electrons. The normalized spacial score (nSPS) is 17.4. The molecule has 0 spiro atoms. The quantitative estimate of drug-likeness (QED) is 0.815.